The number of aliphatic hydroxyl groups is 1. The lowest BCUT2D eigenvalue weighted by Crippen LogP contribution is -2.04. The normalized spacial score (nSPS) is 12.8. The van der Waals surface area contributed by atoms with Crippen molar-refractivity contribution >= 4 is 22.9 Å². The van der Waals surface area contributed by atoms with Crippen LogP contribution in [-0.4, -0.2) is 5.11 Å². The van der Waals surface area contributed by atoms with Gasteiger partial charge >= 0.3 is 0 Å². The average Bonchev–Trinajstić information content (AvgIpc) is 2.62. The van der Waals surface area contributed by atoms with Crippen LogP contribution in [0.25, 0.3) is 0 Å². The van der Waals surface area contributed by atoms with Crippen molar-refractivity contribution in [3.05, 3.63) is 55.7 Å². The highest BCUT2D eigenvalue weighted by Crippen LogP contribution is 2.35. The third-order valence-corrected chi connectivity index (χ3v) is 4.32. The summed E-state index contributed by atoms with van der Waals surface area (Å²) in [6, 6.07) is 6.00. The first-order valence-corrected chi connectivity index (χ1v) is 6.75. The van der Waals surface area contributed by atoms with E-state index in [0.717, 1.165) is 21.6 Å². The maximum Gasteiger partial charge on any atom is 0.115 e. The molecule has 2 aromatic rings. The van der Waals surface area contributed by atoms with Crippen molar-refractivity contribution in [3.63, 3.8) is 0 Å². The SMILES string of the molecule is Cc1cc(C)c(C(O)c2sccc2Cl)c(C)c1. The molecule has 0 spiro atoms. The second-order valence-electron chi connectivity index (χ2n) is 4.35. The summed E-state index contributed by atoms with van der Waals surface area (Å²) in [5.41, 5.74) is 4.41. The standard InChI is InChI=1S/C14H15ClOS/c1-8-6-9(2)12(10(3)7-8)13(16)14-11(15)4-5-17-14/h4-7,13,16H,1-3H3. The fourth-order valence-electron chi connectivity index (χ4n) is 2.25. The Morgan fingerprint density at radius 1 is 1.18 bits per heavy atom. The molecule has 17 heavy (non-hydrogen) atoms. The lowest BCUT2D eigenvalue weighted by molar-refractivity contribution is 0.222. The van der Waals surface area contributed by atoms with E-state index in [1.54, 1.807) is 0 Å². The van der Waals surface area contributed by atoms with E-state index < -0.39 is 6.10 Å². The van der Waals surface area contributed by atoms with Gasteiger partial charge in [0.05, 0.1) is 9.90 Å². The third kappa shape index (κ3) is 2.39. The summed E-state index contributed by atoms with van der Waals surface area (Å²) >= 11 is 7.56. The molecule has 0 amide bonds. The van der Waals surface area contributed by atoms with Gasteiger partial charge in [-0.2, -0.15) is 0 Å². The Morgan fingerprint density at radius 2 is 1.76 bits per heavy atom. The zero-order chi connectivity index (χ0) is 12.6. The average molecular weight is 267 g/mol. The summed E-state index contributed by atoms with van der Waals surface area (Å²) in [7, 11) is 0. The Kier molecular flexibility index (Phi) is 3.57. The minimum atomic E-state index is -0.622. The van der Waals surface area contributed by atoms with Gasteiger partial charge < -0.3 is 5.11 Å². The second-order valence-corrected chi connectivity index (χ2v) is 5.70. The number of rotatable bonds is 2. The number of aliphatic hydroxyl groups excluding tert-OH is 1. The molecule has 1 aromatic heterocycles. The van der Waals surface area contributed by atoms with Crippen LogP contribution >= 0.6 is 22.9 Å². The Morgan fingerprint density at radius 3 is 2.24 bits per heavy atom. The van der Waals surface area contributed by atoms with Gasteiger partial charge in [0, 0.05) is 0 Å². The van der Waals surface area contributed by atoms with Crippen LogP contribution in [-0.2, 0) is 0 Å². The van der Waals surface area contributed by atoms with Crippen molar-refractivity contribution in [2.75, 3.05) is 0 Å². The minimum Gasteiger partial charge on any atom is -0.383 e. The molecule has 1 N–H and O–H groups in total. The van der Waals surface area contributed by atoms with Gasteiger partial charge in [0.1, 0.15) is 6.10 Å². The maximum atomic E-state index is 10.4. The maximum absolute atomic E-state index is 10.4. The molecule has 1 unspecified atom stereocenters. The lowest BCUT2D eigenvalue weighted by atomic mass is 9.95. The van der Waals surface area contributed by atoms with Gasteiger partial charge in [-0.1, -0.05) is 29.3 Å². The van der Waals surface area contributed by atoms with Crippen LogP contribution in [0.2, 0.25) is 5.02 Å². The predicted octanol–water partition coefficient (Wildman–Crippen LogP) is 4.41. The van der Waals surface area contributed by atoms with Gasteiger partial charge in [-0.15, -0.1) is 11.3 Å². The van der Waals surface area contributed by atoms with Gasteiger partial charge in [0.25, 0.3) is 0 Å². The molecule has 0 aliphatic carbocycles. The molecule has 1 aromatic carbocycles. The lowest BCUT2D eigenvalue weighted by Gasteiger charge is -2.16. The van der Waals surface area contributed by atoms with E-state index in [1.807, 2.05) is 25.3 Å². The number of benzene rings is 1. The Hall–Kier alpha value is -0.830. The monoisotopic (exact) mass is 266 g/mol. The van der Waals surface area contributed by atoms with Crippen molar-refractivity contribution in [3.8, 4) is 0 Å². The van der Waals surface area contributed by atoms with Crippen LogP contribution in [0.4, 0.5) is 0 Å². The summed E-state index contributed by atoms with van der Waals surface area (Å²) in [5.74, 6) is 0. The van der Waals surface area contributed by atoms with Crippen LogP contribution in [0.5, 0.6) is 0 Å². The summed E-state index contributed by atoms with van der Waals surface area (Å²) in [6.07, 6.45) is -0.622. The highest BCUT2D eigenvalue weighted by atomic mass is 35.5. The van der Waals surface area contributed by atoms with Crippen LogP contribution < -0.4 is 0 Å². The molecular weight excluding hydrogens is 252 g/mol. The van der Waals surface area contributed by atoms with Gasteiger partial charge in [-0.05, 0) is 48.9 Å². The number of hydrogen-bond acceptors (Lipinski definition) is 2. The van der Waals surface area contributed by atoms with Crippen LogP contribution in [0, 0.1) is 20.8 Å². The van der Waals surface area contributed by atoms with Crippen LogP contribution in [0.1, 0.15) is 33.2 Å². The van der Waals surface area contributed by atoms with Gasteiger partial charge in [-0.3, -0.25) is 0 Å². The van der Waals surface area contributed by atoms with E-state index in [-0.39, 0.29) is 0 Å². The number of thiophene rings is 1. The predicted molar refractivity (Wildman–Crippen MR) is 74.0 cm³/mol. The molecule has 2 rings (SSSR count). The molecule has 1 heterocycles. The zero-order valence-electron chi connectivity index (χ0n) is 10.1. The first-order chi connectivity index (χ1) is 8.00. The Bertz CT molecular complexity index is 522. The van der Waals surface area contributed by atoms with Crippen molar-refractivity contribution in [1.82, 2.24) is 0 Å². The summed E-state index contributed by atoms with van der Waals surface area (Å²) in [6.45, 7) is 6.12. The molecule has 0 radical (unpaired) electrons. The van der Waals surface area contributed by atoms with Crippen LogP contribution in [0.15, 0.2) is 23.6 Å². The number of hydrogen-bond donors (Lipinski definition) is 1. The van der Waals surface area contributed by atoms with Crippen LogP contribution in [0.3, 0.4) is 0 Å². The summed E-state index contributed by atoms with van der Waals surface area (Å²) in [4.78, 5) is 0.821. The van der Waals surface area contributed by atoms with Crippen molar-refractivity contribution in [1.29, 1.82) is 0 Å². The molecule has 0 saturated carbocycles. The number of aryl methyl sites for hydroxylation is 3. The summed E-state index contributed by atoms with van der Waals surface area (Å²) < 4.78 is 0. The molecule has 3 heteroatoms. The van der Waals surface area contributed by atoms with Crippen molar-refractivity contribution in [2.45, 2.75) is 26.9 Å². The largest absolute Gasteiger partial charge is 0.383 e. The Labute approximate surface area is 111 Å². The minimum absolute atomic E-state index is 0.622. The van der Waals surface area contributed by atoms with E-state index in [2.05, 4.69) is 19.1 Å². The quantitative estimate of drug-likeness (QED) is 0.854. The highest BCUT2D eigenvalue weighted by Gasteiger charge is 2.19. The number of halogens is 1. The highest BCUT2D eigenvalue weighted by molar-refractivity contribution is 7.10. The van der Waals surface area contributed by atoms with E-state index in [4.69, 9.17) is 11.6 Å². The van der Waals surface area contributed by atoms with E-state index >= 15 is 0 Å². The van der Waals surface area contributed by atoms with E-state index in [0.29, 0.717) is 5.02 Å². The fourth-order valence-corrected chi connectivity index (χ4v) is 3.41. The van der Waals surface area contributed by atoms with E-state index in [1.165, 1.54) is 16.9 Å². The van der Waals surface area contributed by atoms with Crippen molar-refractivity contribution < 1.29 is 5.11 Å². The molecule has 0 saturated heterocycles. The molecule has 0 aliphatic rings. The molecule has 1 atom stereocenters. The summed E-state index contributed by atoms with van der Waals surface area (Å²) in [5, 5.41) is 13.0. The third-order valence-electron chi connectivity index (χ3n) is 2.90. The second kappa shape index (κ2) is 4.81. The first kappa shape index (κ1) is 12.6. The van der Waals surface area contributed by atoms with Gasteiger partial charge in [0.15, 0.2) is 0 Å². The van der Waals surface area contributed by atoms with Crippen molar-refractivity contribution in [2.24, 2.45) is 0 Å². The molecule has 0 bridgehead atoms. The topological polar surface area (TPSA) is 20.2 Å². The molecule has 1 nitrogen and oxygen atoms in total. The first-order valence-electron chi connectivity index (χ1n) is 5.49. The zero-order valence-corrected chi connectivity index (χ0v) is 11.7. The molecular formula is C14H15ClOS. The van der Waals surface area contributed by atoms with E-state index in [9.17, 15) is 5.11 Å². The molecule has 90 valence electrons. The smallest absolute Gasteiger partial charge is 0.115 e. The fraction of sp³-hybridized carbons (Fsp3) is 0.286. The van der Waals surface area contributed by atoms with Gasteiger partial charge in [0.2, 0.25) is 0 Å². The van der Waals surface area contributed by atoms with Gasteiger partial charge in [-0.25, -0.2) is 0 Å². The Balaban J connectivity index is 2.51. The molecule has 0 aliphatic heterocycles. The molecule has 0 fully saturated rings.